The maximum Gasteiger partial charge on any atom is 0.120 e. The summed E-state index contributed by atoms with van der Waals surface area (Å²) in [5.74, 6) is 0.278. The number of phenols is 1. The molecule has 0 radical (unpaired) electrons. The molecule has 3 N–H and O–H groups in total. The van der Waals surface area contributed by atoms with Gasteiger partial charge in [0.25, 0.3) is 0 Å². The van der Waals surface area contributed by atoms with Crippen molar-refractivity contribution in [2.45, 2.75) is 6.54 Å². The Bertz CT molecular complexity index is 233. The zero-order valence-corrected chi connectivity index (χ0v) is 8.49. The fourth-order valence-corrected chi connectivity index (χ4v) is 0.683. The van der Waals surface area contributed by atoms with E-state index >= 15 is 0 Å². The van der Waals surface area contributed by atoms with Gasteiger partial charge in [-0.2, -0.15) is 0 Å². The van der Waals surface area contributed by atoms with Crippen LogP contribution in [0.15, 0.2) is 24.3 Å². The Morgan fingerprint density at radius 2 is 1.69 bits per heavy atom. The summed E-state index contributed by atoms with van der Waals surface area (Å²) in [6.07, 6.45) is 0. The Kier molecular flexibility index (Phi) is 5.93. The first kappa shape index (κ1) is 11.9. The standard InChI is InChI=1S/C7H9NO.C3H9N/c8-5-6-3-1-2-4-7(6)9;1-4(2)3/h1-4,9H,5,8H2;1-3H3. The summed E-state index contributed by atoms with van der Waals surface area (Å²) in [5.41, 5.74) is 6.08. The summed E-state index contributed by atoms with van der Waals surface area (Å²) in [5, 5.41) is 9.03. The molecule has 74 valence electrons. The van der Waals surface area contributed by atoms with Crippen LogP contribution in [-0.2, 0) is 6.54 Å². The summed E-state index contributed by atoms with van der Waals surface area (Å²) in [6, 6.07) is 7.05. The van der Waals surface area contributed by atoms with E-state index in [9.17, 15) is 0 Å². The van der Waals surface area contributed by atoms with Gasteiger partial charge in [-0.15, -0.1) is 0 Å². The molecule has 3 heteroatoms. The minimum absolute atomic E-state index is 0.278. The highest BCUT2D eigenvalue weighted by molar-refractivity contribution is 5.31. The number of para-hydroxylation sites is 1. The van der Waals surface area contributed by atoms with Crippen LogP contribution in [0, 0.1) is 0 Å². The number of aromatic hydroxyl groups is 1. The normalized spacial score (nSPS) is 9.31. The molecule has 0 spiro atoms. The smallest absolute Gasteiger partial charge is 0.120 e. The summed E-state index contributed by atoms with van der Waals surface area (Å²) in [6.45, 7) is 0.396. The van der Waals surface area contributed by atoms with Gasteiger partial charge in [-0.1, -0.05) is 18.2 Å². The molecule has 0 saturated carbocycles. The van der Waals surface area contributed by atoms with Crippen molar-refractivity contribution < 1.29 is 5.11 Å². The highest BCUT2D eigenvalue weighted by atomic mass is 16.3. The molecule has 0 fully saturated rings. The van der Waals surface area contributed by atoms with Gasteiger partial charge in [0, 0.05) is 12.1 Å². The molecule has 0 heterocycles. The van der Waals surface area contributed by atoms with Crippen molar-refractivity contribution in [3.8, 4) is 5.75 Å². The average Bonchev–Trinajstić information content (AvgIpc) is 2.04. The Labute approximate surface area is 79.8 Å². The van der Waals surface area contributed by atoms with Crippen LogP contribution < -0.4 is 5.73 Å². The lowest BCUT2D eigenvalue weighted by Crippen LogP contribution is -1.99. The third kappa shape index (κ3) is 6.13. The van der Waals surface area contributed by atoms with Crippen molar-refractivity contribution >= 4 is 0 Å². The van der Waals surface area contributed by atoms with Gasteiger partial charge >= 0.3 is 0 Å². The molecule has 1 rings (SSSR count). The van der Waals surface area contributed by atoms with E-state index in [1.165, 1.54) is 0 Å². The van der Waals surface area contributed by atoms with Crippen LogP contribution >= 0.6 is 0 Å². The number of nitrogens with zero attached hydrogens (tertiary/aromatic N) is 1. The van der Waals surface area contributed by atoms with Gasteiger partial charge in [0.05, 0.1) is 0 Å². The molecule has 0 saturated heterocycles. The summed E-state index contributed by atoms with van der Waals surface area (Å²) < 4.78 is 0. The van der Waals surface area contributed by atoms with Crippen molar-refractivity contribution in [1.82, 2.24) is 4.90 Å². The Morgan fingerprint density at radius 3 is 2.00 bits per heavy atom. The first-order valence-electron chi connectivity index (χ1n) is 4.15. The zero-order valence-electron chi connectivity index (χ0n) is 8.49. The zero-order chi connectivity index (χ0) is 10.3. The van der Waals surface area contributed by atoms with Crippen LogP contribution in [-0.4, -0.2) is 31.1 Å². The second-order valence-corrected chi connectivity index (χ2v) is 3.17. The quantitative estimate of drug-likeness (QED) is 0.682. The molecule has 0 aliphatic rings. The lowest BCUT2D eigenvalue weighted by molar-refractivity contribution is 0.468. The third-order valence-electron chi connectivity index (χ3n) is 1.21. The Balaban J connectivity index is 0.000000310. The molecular formula is C10H18N2O. The summed E-state index contributed by atoms with van der Waals surface area (Å²) >= 11 is 0. The van der Waals surface area contributed by atoms with Crippen LogP contribution in [0.25, 0.3) is 0 Å². The largest absolute Gasteiger partial charge is 0.508 e. The van der Waals surface area contributed by atoms with Crippen molar-refractivity contribution in [2.75, 3.05) is 21.1 Å². The predicted octanol–water partition coefficient (Wildman–Crippen LogP) is 1.03. The third-order valence-corrected chi connectivity index (χ3v) is 1.21. The molecule has 0 unspecified atom stereocenters. The van der Waals surface area contributed by atoms with E-state index in [0.29, 0.717) is 6.54 Å². The number of hydrogen-bond donors (Lipinski definition) is 2. The number of benzene rings is 1. The molecule has 13 heavy (non-hydrogen) atoms. The molecule has 0 aromatic heterocycles. The van der Waals surface area contributed by atoms with Crippen LogP contribution in [0.2, 0.25) is 0 Å². The van der Waals surface area contributed by atoms with Gasteiger partial charge < -0.3 is 15.7 Å². The number of phenolic OH excluding ortho intramolecular Hbond substituents is 1. The molecular weight excluding hydrogens is 164 g/mol. The second kappa shape index (κ2) is 6.46. The molecule has 0 aliphatic heterocycles. The van der Waals surface area contributed by atoms with E-state index in [4.69, 9.17) is 10.8 Å². The average molecular weight is 182 g/mol. The first-order valence-corrected chi connectivity index (χ1v) is 4.15. The Morgan fingerprint density at radius 1 is 1.23 bits per heavy atom. The molecule has 1 aromatic rings. The maximum absolute atomic E-state index is 9.03. The molecule has 0 atom stereocenters. The van der Waals surface area contributed by atoms with Gasteiger partial charge in [0.2, 0.25) is 0 Å². The van der Waals surface area contributed by atoms with E-state index in [1.54, 1.807) is 18.2 Å². The van der Waals surface area contributed by atoms with Crippen LogP contribution in [0.4, 0.5) is 0 Å². The van der Waals surface area contributed by atoms with Gasteiger partial charge in [-0.3, -0.25) is 0 Å². The highest BCUT2D eigenvalue weighted by Crippen LogP contribution is 2.13. The van der Waals surface area contributed by atoms with E-state index in [-0.39, 0.29) is 5.75 Å². The fraction of sp³-hybridized carbons (Fsp3) is 0.400. The molecule has 0 amide bonds. The van der Waals surface area contributed by atoms with Crippen molar-refractivity contribution in [3.05, 3.63) is 29.8 Å². The van der Waals surface area contributed by atoms with Crippen LogP contribution in [0.5, 0.6) is 5.75 Å². The monoisotopic (exact) mass is 182 g/mol. The van der Waals surface area contributed by atoms with E-state index in [1.807, 2.05) is 32.1 Å². The molecule has 3 nitrogen and oxygen atoms in total. The minimum atomic E-state index is 0.278. The van der Waals surface area contributed by atoms with Gasteiger partial charge in [-0.25, -0.2) is 0 Å². The Hall–Kier alpha value is -1.06. The number of nitrogens with two attached hydrogens (primary N) is 1. The number of hydrogen-bond acceptors (Lipinski definition) is 3. The van der Waals surface area contributed by atoms with Crippen LogP contribution in [0.1, 0.15) is 5.56 Å². The fourth-order valence-electron chi connectivity index (χ4n) is 0.683. The topological polar surface area (TPSA) is 49.5 Å². The summed E-state index contributed by atoms with van der Waals surface area (Å²) in [4.78, 5) is 2.00. The second-order valence-electron chi connectivity index (χ2n) is 3.17. The predicted molar refractivity (Wildman–Crippen MR) is 55.6 cm³/mol. The first-order chi connectivity index (χ1) is 6.07. The van der Waals surface area contributed by atoms with Crippen LogP contribution in [0.3, 0.4) is 0 Å². The SMILES string of the molecule is CN(C)C.NCc1ccccc1O. The van der Waals surface area contributed by atoms with Gasteiger partial charge in [0.1, 0.15) is 5.75 Å². The van der Waals surface area contributed by atoms with Crippen molar-refractivity contribution in [2.24, 2.45) is 5.73 Å². The van der Waals surface area contributed by atoms with Crippen molar-refractivity contribution in [1.29, 1.82) is 0 Å². The molecule has 0 aliphatic carbocycles. The van der Waals surface area contributed by atoms with E-state index in [0.717, 1.165) is 5.56 Å². The lowest BCUT2D eigenvalue weighted by Gasteiger charge is -1.97. The number of rotatable bonds is 1. The maximum atomic E-state index is 9.03. The molecule has 0 bridgehead atoms. The van der Waals surface area contributed by atoms with Gasteiger partial charge in [-0.05, 0) is 27.2 Å². The summed E-state index contributed by atoms with van der Waals surface area (Å²) in [7, 11) is 6.00. The van der Waals surface area contributed by atoms with E-state index in [2.05, 4.69) is 0 Å². The van der Waals surface area contributed by atoms with Crippen molar-refractivity contribution in [3.63, 3.8) is 0 Å². The molecule has 1 aromatic carbocycles. The van der Waals surface area contributed by atoms with E-state index < -0.39 is 0 Å². The van der Waals surface area contributed by atoms with Gasteiger partial charge in [0.15, 0.2) is 0 Å². The highest BCUT2D eigenvalue weighted by Gasteiger charge is 1.92. The lowest BCUT2D eigenvalue weighted by atomic mass is 10.2. The minimum Gasteiger partial charge on any atom is -0.508 e.